The van der Waals surface area contributed by atoms with Crippen molar-refractivity contribution in [1.82, 2.24) is 4.98 Å². The number of alkyl halides is 1. The van der Waals surface area contributed by atoms with Crippen molar-refractivity contribution in [3.63, 3.8) is 0 Å². The Labute approximate surface area is 151 Å². The maximum absolute atomic E-state index is 13.9. The van der Waals surface area contributed by atoms with E-state index >= 15 is 0 Å². The van der Waals surface area contributed by atoms with Gasteiger partial charge in [0.05, 0.1) is 7.11 Å². The number of hydrogen-bond acceptors (Lipinski definition) is 2. The molecule has 6 heteroatoms. The van der Waals surface area contributed by atoms with Crippen molar-refractivity contribution >= 4 is 44.2 Å². The van der Waals surface area contributed by atoms with E-state index < -0.39 is 4.83 Å². The summed E-state index contributed by atoms with van der Waals surface area (Å²) in [6, 6.07) is 8.15. The Hall–Kier alpha value is -1.85. The molecule has 0 aliphatic carbocycles. The Balaban J connectivity index is 2.04. The van der Waals surface area contributed by atoms with E-state index in [2.05, 4.69) is 20.9 Å². The van der Waals surface area contributed by atoms with Crippen molar-refractivity contribution in [3.8, 4) is 5.75 Å². The number of benzene rings is 2. The van der Waals surface area contributed by atoms with Crippen LogP contribution < -0.4 is 4.74 Å². The molecular weight excluding hydrogens is 397 g/mol. The molecule has 0 saturated heterocycles. The van der Waals surface area contributed by atoms with Gasteiger partial charge in [0.25, 0.3) is 0 Å². The second-order valence-electron chi connectivity index (χ2n) is 5.46. The molecule has 0 saturated carbocycles. The molecule has 124 valence electrons. The van der Waals surface area contributed by atoms with Crippen molar-refractivity contribution in [2.75, 3.05) is 7.11 Å². The zero-order valence-electron chi connectivity index (χ0n) is 13.0. The molecule has 1 N–H and O–H groups in total. The van der Waals surface area contributed by atoms with Crippen molar-refractivity contribution < 1.29 is 13.9 Å². The molecule has 0 fully saturated rings. The quantitative estimate of drug-likeness (QED) is 0.449. The highest BCUT2D eigenvalue weighted by Crippen LogP contribution is 2.37. The molecule has 3 aromatic rings. The van der Waals surface area contributed by atoms with E-state index in [0.717, 1.165) is 5.52 Å². The third-order valence-electron chi connectivity index (χ3n) is 3.93. The first-order valence-electron chi connectivity index (χ1n) is 7.21. The third kappa shape index (κ3) is 2.94. The molecular formula is C18H14BrClFNO2. The molecule has 0 spiro atoms. The fourth-order valence-electron chi connectivity index (χ4n) is 2.63. The van der Waals surface area contributed by atoms with Crippen LogP contribution in [-0.4, -0.2) is 17.9 Å². The van der Waals surface area contributed by atoms with Crippen LogP contribution in [-0.2, 0) is 0 Å². The van der Waals surface area contributed by atoms with Gasteiger partial charge >= 0.3 is 0 Å². The zero-order valence-corrected chi connectivity index (χ0v) is 15.3. The summed E-state index contributed by atoms with van der Waals surface area (Å²) in [6.07, 6.45) is 1.60. The molecule has 1 unspecified atom stereocenters. The number of halogens is 3. The number of aromatic nitrogens is 1. The van der Waals surface area contributed by atoms with Gasteiger partial charge in [-0.05, 0) is 36.8 Å². The predicted octanol–water partition coefficient (Wildman–Crippen LogP) is 5.60. The van der Waals surface area contributed by atoms with E-state index in [-0.39, 0.29) is 11.6 Å². The fourth-order valence-corrected chi connectivity index (χ4v) is 3.41. The van der Waals surface area contributed by atoms with Gasteiger partial charge in [0, 0.05) is 33.2 Å². The minimum absolute atomic E-state index is 0.190. The van der Waals surface area contributed by atoms with E-state index in [0.29, 0.717) is 32.8 Å². The lowest BCUT2D eigenvalue weighted by atomic mass is 10.0. The number of rotatable bonds is 4. The van der Waals surface area contributed by atoms with E-state index in [9.17, 15) is 9.18 Å². The van der Waals surface area contributed by atoms with E-state index in [1.165, 1.54) is 13.2 Å². The summed E-state index contributed by atoms with van der Waals surface area (Å²) in [7, 11) is 1.52. The van der Waals surface area contributed by atoms with Gasteiger partial charge in [0.2, 0.25) is 0 Å². The van der Waals surface area contributed by atoms with Crippen LogP contribution in [0.15, 0.2) is 36.5 Å². The molecule has 1 heterocycles. The van der Waals surface area contributed by atoms with Gasteiger partial charge < -0.3 is 9.72 Å². The van der Waals surface area contributed by atoms with Gasteiger partial charge in [-0.1, -0.05) is 33.6 Å². The predicted molar refractivity (Wildman–Crippen MR) is 97.0 cm³/mol. The van der Waals surface area contributed by atoms with Crippen LogP contribution in [0.3, 0.4) is 0 Å². The summed E-state index contributed by atoms with van der Waals surface area (Å²) in [5, 5.41) is 1.08. The molecule has 24 heavy (non-hydrogen) atoms. The van der Waals surface area contributed by atoms with Crippen LogP contribution in [0.25, 0.3) is 10.9 Å². The topological polar surface area (TPSA) is 42.1 Å². The summed E-state index contributed by atoms with van der Waals surface area (Å²) in [6.45, 7) is 1.68. The number of fused-ring (bicyclic) bond motifs is 1. The second kappa shape index (κ2) is 6.57. The lowest BCUT2D eigenvalue weighted by Gasteiger charge is -2.13. The molecule has 0 amide bonds. The zero-order chi connectivity index (χ0) is 17.4. The molecule has 3 rings (SSSR count). The highest BCUT2D eigenvalue weighted by atomic mass is 79.9. The molecule has 0 bridgehead atoms. The second-order valence-corrected chi connectivity index (χ2v) is 6.81. The summed E-state index contributed by atoms with van der Waals surface area (Å²) >= 11 is 9.39. The number of carbonyl (C=O) groups is 1. The number of aromatic amines is 1. The third-order valence-corrected chi connectivity index (χ3v) is 5.07. The molecule has 0 radical (unpaired) electrons. The van der Waals surface area contributed by atoms with Crippen molar-refractivity contribution in [3.05, 3.63) is 64.1 Å². The van der Waals surface area contributed by atoms with Gasteiger partial charge in [0.15, 0.2) is 5.78 Å². The summed E-state index contributed by atoms with van der Waals surface area (Å²) in [5.41, 5.74) is 2.33. The first-order valence-corrected chi connectivity index (χ1v) is 8.50. The van der Waals surface area contributed by atoms with Gasteiger partial charge in [0.1, 0.15) is 16.4 Å². The van der Waals surface area contributed by atoms with Crippen LogP contribution in [0, 0.1) is 12.7 Å². The normalized spacial score (nSPS) is 12.4. The molecule has 1 atom stereocenters. The largest absolute Gasteiger partial charge is 0.496 e. The number of nitrogens with one attached hydrogen (secondary N) is 1. The summed E-state index contributed by atoms with van der Waals surface area (Å²) in [5.74, 6) is -0.0175. The average molecular weight is 411 g/mol. The molecule has 1 aromatic heterocycles. The Morgan fingerprint density at radius 3 is 2.79 bits per heavy atom. The van der Waals surface area contributed by atoms with Crippen LogP contribution in [0.1, 0.15) is 26.3 Å². The van der Waals surface area contributed by atoms with Gasteiger partial charge in [-0.2, -0.15) is 0 Å². The Bertz CT molecular complexity index is 938. The van der Waals surface area contributed by atoms with Crippen molar-refractivity contribution in [1.29, 1.82) is 0 Å². The van der Waals surface area contributed by atoms with Crippen LogP contribution in [0.5, 0.6) is 5.75 Å². The standard InChI is InChI=1S/C18H14BrClFNO2/c1-9-5-15-12(7-14(9)21)13(8-22-15)18(23)17(19)11-4-3-10(20)6-16(11)24-2/h3-8,17,22H,1-2H3. The van der Waals surface area contributed by atoms with Crippen molar-refractivity contribution in [2.24, 2.45) is 0 Å². The number of methoxy groups -OCH3 is 1. The molecule has 0 aliphatic heterocycles. The van der Waals surface area contributed by atoms with Gasteiger partial charge in [-0.3, -0.25) is 4.79 Å². The van der Waals surface area contributed by atoms with Crippen molar-refractivity contribution in [2.45, 2.75) is 11.8 Å². The minimum atomic E-state index is -0.631. The minimum Gasteiger partial charge on any atom is -0.496 e. The number of ketones is 1. The first kappa shape index (κ1) is 17.0. The molecule has 0 aliphatic rings. The Morgan fingerprint density at radius 1 is 1.33 bits per heavy atom. The lowest BCUT2D eigenvalue weighted by Crippen LogP contribution is -2.08. The summed E-state index contributed by atoms with van der Waals surface area (Å²) in [4.78, 5) is 15.3. The average Bonchev–Trinajstić information content (AvgIpc) is 2.96. The maximum Gasteiger partial charge on any atom is 0.183 e. The number of hydrogen-bond donors (Lipinski definition) is 1. The number of aryl methyl sites for hydroxylation is 1. The number of ether oxygens (including phenoxy) is 1. The van der Waals surface area contributed by atoms with E-state index in [4.69, 9.17) is 16.3 Å². The van der Waals surface area contributed by atoms with Gasteiger partial charge in [-0.25, -0.2) is 4.39 Å². The monoisotopic (exact) mass is 409 g/mol. The van der Waals surface area contributed by atoms with E-state index in [1.807, 2.05) is 0 Å². The highest BCUT2D eigenvalue weighted by Gasteiger charge is 2.25. The Kier molecular flexibility index (Phi) is 4.65. The van der Waals surface area contributed by atoms with Crippen LogP contribution in [0.4, 0.5) is 4.39 Å². The fraction of sp³-hybridized carbons (Fsp3) is 0.167. The molecule has 3 nitrogen and oxygen atoms in total. The number of Topliss-reactive ketones (excluding diaryl/α,β-unsaturated/α-hetero) is 1. The number of carbonyl (C=O) groups excluding carboxylic acids is 1. The van der Waals surface area contributed by atoms with E-state index in [1.54, 1.807) is 37.4 Å². The Morgan fingerprint density at radius 2 is 2.08 bits per heavy atom. The van der Waals surface area contributed by atoms with Crippen LogP contribution >= 0.6 is 27.5 Å². The SMILES string of the molecule is COc1cc(Cl)ccc1C(Br)C(=O)c1c[nH]c2cc(C)c(F)cc12. The first-order chi connectivity index (χ1) is 11.4. The van der Waals surface area contributed by atoms with Crippen LogP contribution in [0.2, 0.25) is 5.02 Å². The smallest absolute Gasteiger partial charge is 0.183 e. The van der Waals surface area contributed by atoms with Gasteiger partial charge in [-0.15, -0.1) is 0 Å². The summed E-state index contributed by atoms with van der Waals surface area (Å²) < 4.78 is 19.2. The lowest BCUT2D eigenvalue weighted by molar-refractivity contribution is 0.0992. The number of H-pyrrole nitrogens is 1. The highest BCUT2D eigenvalue weighted by molar-refractivity contribution is 9.09. The molecule has 2 aromatic carbocycles. The maximum atomic E-state index is 13.9.